The number of ether oxygens (including phenoxy) is 2. The number of aryl methyl sites for hydroxylation is 1. The van der Waals surface area contributed by atoms with E-state index in [9.17, 15) is 5.11 Å². The molecule has 0 amide bonds. The monoisotopic (exact) mass is 429 g/mol. The molecule has 8 nitrogen and oxygen atoms in total. The van der Waals surface area contributed by atoms with Gasteiger partial charge in [0.1, 0.15) is 5.82 Å². The lowest BCUT2D eigenvalue weighted by Gasteiger charge is -2.30. The van der Waals surface area contributed by atoms with Crippen molar-refractivity contribution >= 4 is 17.5 Å². The number of aromatic nitrogens is 2. The Labute approximate surface area is 185 Å². The highest BCUT2D eigenvalue weighted by Gasteiger charge is 2.15. The molecule has 1 fully saturated rings. The fraction of sp³-hybridized carbons (Fsp3) is 0.565. The number of rotatable bonds is 13. The van der Waals surface area contributed by atoms with Crippen molar-refractivity contribution in [2.24, 2.45) is 5.92 Å². The van der Waals surface area contributed by atoms with Crippen LogP contribution in [-0.4, -0.2) is 67.0 Å². The van der Waals surface area contributed by atoms with E-state index in [0.29, 0.717) is 24.1 Å². The Bertz CT molecular complexity index is 829. The molecule has 2 aromatic rings. The average molecular weight is 430 g/mol. The van der Waals surface area contributed by atoms with Crippen LogP contribution in [0.2, 0.25) is 0 Å². The number of unbranched alkanes of at least 4 members (excludes halogenated alkanes) is 1. The molecule has 3 N–H and O–H groups in total. The molecule has 1 aliphatic rings. The molecule has 31 heavy (non-hydrogen) atoms. The van der Waals surface area contributed by atoms with Crippen molar-refractivity contribution in [1.29, 1.82) is 0 Å². The summed E-state index contributed by atoms with van der Waals surface area (Å²) in [4.78, 5) is 11.3. The number of benzene rings is 1. The number of hydrogen-bond acceptors (Lipinski definition) is 8. The molecule has 0 spiro atoms. The van der Waals surface area contributed by atoms with E-state index in [-0.39, 0.29) is 12.5 Å². The molecule has 1 atom stereocenters. The van der Waals surface area contributed by atoms with Gasteiger partial charge in [-0.05, 0) is 58.0 Å². The Morgan fingerprint density at radius 2 is 2.00 bits per heavy atom. The van der Waals surface area contributed by atoms with Gasteiger partial charge in [-0.15, -0.1) is 0 Å². The Balaban J connectivity index is 1.57. The first-order valence-corrected chi connectivity index (χ1v) is 11.1. The number of aliphatic hydroxyl groups excluding tert-OH is 1. The van der Waals surface area contributed by atoms with E-state index in [1.54, 1.807) is 7.11 Å². The smallest absolute Gasteiger partial charge is 0.229 e. The summed E-state index contributed by atoms with van der Waals surface area (Å²) >= 11 is 0. The predicted molar refractivity (Wildman–Crippen MR) is 124 cm³/mol. The zero-order valence-corrected chi connectivity index (χ0v) is 18.9. The topological polar surface area (TPSA) is 91.8 Å². The third-order valence-corrected chi connectivity index (χ3v) is 5.55. The number of nitrogens with zero attached hydrogens (tertiary/aromatic N) is 3. The van der Waals surface area contributed by atoms with Crippen LogP contribution in [0, 0.1) is 12.8 Å². The molecule has 0 saturated carbocycles. The second kappa shape index (κ2) is 11.7. The van der Waals surface area contributed by atoms with Crippen LogP contribution in [0.5, 0.6) is 11.5 Å². The standard InChI is InChI=1S/C23H35N5O3/c1-17-13-22(24-2)27-23(25-17)26-19-8-9-20(30-3)21(14-19)31-16-18(15-29)7-4-5-10-28-11-6-12-28/h8-9,13-14,18,29H,4-7,10-12,15-16H2,1-3H3,(H2,24,25,26,27)/t18-/m1/s1. The van der Waals surface area contributed by atoms with Gasteiger partial charge in [-0.3, -0.25) is 0 Å². The van der Waals surface area contributed by atoms with Crippen LogP contribution in [0.3, 0.4) is 0 Å². The van der Waals surface area contributed by atoms with Gasteiger partial charge in [0.25, 0.3) is 0 Å². The molecule has 170 valence electrons. The van der Waals surface area contributed by atoms with Gasteiger partial charge in [-0.25, -0.2) is 4.98 Å². The minimum absolute atomic E-state index is 0.107. The first-order chi connectivity index (χ1) is 15.1. The van der Waals surface area contributed by atoms with Crippen molar-refractivity contribution in [1.82, 2.24) is 14.9 Å². The van der Waals surface area contributed by atoms with Crippen molar-refractivity contribution in [3.8, 4) is 11.5 Å². The minimum atomic E-state index is 0.107. The molecule has 0 radical (unpaired) electrons. The summed E-state index contributed by atoms with van der Waals surface area (Å²) in [5.74, 6) is 2.65. The molecule has 1 aliphatic heterocycles. The van der Waals surface area contributed by atoms with Crippen LogP contribution in [0.1, 0.15) is 31.4 Å². The summed E-state index contributed by atoms with van der Waals surface area (Å²) in [6, 6.07) is 7.51. The fourth-order valence-electron chi connectivity index (χ4n) is 3.56. The maximum Gasteiger partial charge on any atom is 0.229 e. The van der Waals surface area contributed by atoms with Crippen LogP contribution in [0.4, 0.5) is 17.5 Å². The molecule has 0 bridgehead atoms. The lowest BCUT2D eigenvalue weighted by molar-refractivity contribution is 0.145. The Morgan fingerprint density at radius 3 is 2.68 bits per heavy atom. The second-order valence-corrected chi connectivity index (χ2v) is 8.01. The van der Waals surface area contributed by atoms with E-state index in [1.165, 1.54) is 25.9 Å². The van der Waals surface area contributed by atoms with Gasteiger partial charge in [-0.1, -0.05) is 6.42 Å². The Hall–Kier alpha value is -2.58. The number of likely N-dealkylation sites (tertiary alicyclic amines) is 1. The highest BCUT2D eigenvalue weighted by atomic mass is 16.5. The van der Waals surface area contributed by atoms with Gasteiger partial charge in [-0.2, -0.15) is 4.98 Å². The molecule has 3 rings (SSSR count). The van der Waals surface area contributed by atoms with Crippen molar-refractivity contribution in [3.63, 3.8) is 0 Å². The Kier molecular flexibility index (Phi) is 8.73. The SMILES string of the molecule is CNc1cc(C)nc(Nc2ccc(OC)c(OC[C@@H](CO)CCCCN3CCC3)c2)n1. The number of hydrogen-bond donors (Lipinski definition) is 3. The summed E-state index contributed by atoms with van der Waals surface area (Å²) in [5, 5.41) is 16.0. The summed E-state index contributed by atoms with van der Waals surface area (Å²) in [7, 11) is 3.45. The third kappa shape index (κ3) is 6.97. The minimum Gasteiger partial charge on any atom is -0.493 e. The first kappa shape index (κ1) is 23.1. The summed E-state index contributed by atoms with van der Waals surface area (Å²) < 4.78 is 11.5. The van der Waals surface area contributed by atoms with E-state index in [4.69, 9.17) is 9.47 Å². The van der Waals surface area contributed by atoms with Crippen molar-refractivity contribution in [2.75, 3.05) is 57.6 Å². The third-order valence-electron chi connectivity index (χ3n) is 5.55. The van der Waals surface area contributed by atoms with Crippen LogP contribution in [0.15, 0.2) is 24.3 Å². The molecule has 8 heteroatoms. The predicted octanol–water partition coefficient (Wildman–Crippen LogP) is 3.44. The van der Waals surface area contributed by atoms with Gasteiger partial charge >= 0.3 is 0 Å². The molecular formula is C23H35N5O3. The highest BCUT2D eigenvalue weighted by Crippen LogP contribution is 2.32. The van der Waals surface area contributed by atoms with Gasteiger partial charge < -0.3 is 30.1 Å². The fourth-order valence-corrected chi connectivity index (χ4v) is 3.56. The molecule has 0 aliphatic carbocycles. The van der Waals surface area contributed by atoms with Crippen LogP contribution in [-0.2, 0) is 0 Å². The van der Waals surface area contributed by atoms with Crippen LogP contribution < -0.4 is 20.1 Å². The van der Waals surface area contributed by atoms with Crippen molar-refractivity contribution in [2.45, 2.75) is 32.6 Å². The zero-order chi connectivity index (χ0) is 22.1. The van der Waals surface area contributed by atoms with Crippen LogP contribution in [0.25, 0.3) is 0 Å². The average Bonchev–Trinajstić information content (AvgIpc) is 2.74. The summed E-state index contributed by atoms with van der Waals surface area (Å²) in [6.07, 6.45) is 4.55. The summed E-state index contributed by atoms with van der Waals surface area (Å²) in [5.41, 5.74) is 1.67. The number of methoxy groups -OCH3 is 1. The molecule has 1 aromatic heterocycles. The molecule has 2 heterocycles. The second-order valence-electron chi connectivity index (χ2n) is 8.01. The van der Waals surface area contributed by atoms with Crippen LogP contribution >= 0.6 is 0 Å². The Morgan fingerprint density at radius 1 is 1.16 bits per heavy atom. The highest BCUT2D eigenvalue weighted by molar-refractivity contribution is 5.60. The molecule has 0 unspecified atom stereocenters. The lowest BCUT2D eigenvalue weighted by atomic mass is 10.0. The molecular weight excluding hydrogens is 394 g/mol. The number of anilines is 3. The van der Waals surface area contributed by atoms with E-state index in [1.807, 2.05) is 38.2 Å². The van der Waals surface area contributed by atoms with E-state index in [0.717, 1.165) is 36.6 Å². The summed E-state index contributed by atoms with van der Waals surface area (Å²) in [6.45, 7) is 6.13. The number of aliphatic hydroxyl groups is 1. The van der Waals surface area contributed by atoms with Gasteiger partial charge in [0, 0.05) is 43.1 Å². The largest absolute Gasteiger partial charge is 0.493 e. The van der Waals surface area contributed by atoms with E-state index >= 15 is 0 Å². The quantitative estimate of drug-likeness (QED) is 0.417. The van der Waals surface area contributed by atoms with E-state index in [2.05, 4.69) is 25.5 Å². The first-order valence-electron chi connectivity index (χ1n) is 11.1. The number of nitrogens with one attached hydrogen (secondary N) is 2. The normalized spacial score (nSPS) is 14.6. The van der Waals surface area contributed by atoms with Gasteiger partial charge in [0.05, 0.1) is 13.7 Å². The van der Waals surface area contributed by atoms with Gasteiger partial charge in [0.15, 0.2) is 11.5 Å². The molecule has 1 aromatic carbocycles. The van der Waals surface area contributed by atoms with Crippen molar-refractivity contribution < 1.29 is 14.6 Å². The zero-order valence-electron chi connectivity index (χ0n) is 18.9. The van der Waals surface area contributed by atoms with E-state index < -0.39 is 0 Å². The van der Waals surface area contributed by atoms with Gasteiger partial charge in [0.2, 0.25) is 5.95 Å². The maximum absolute atomic E-state index is 9.76. The lowest BCUT2D eigenvalue weighted by Crippen LogP contribution is -2.37. The maximum atomic E-state index is 9.76. The molecule has 1 saturated heterocycles. The van der Waals surface area contributed by atoms with Crippen molar-refractivity contribution in [3.05, 3.63) is 30.0 Å².